The van der Waals surface area contributed by atoms with Gasteiger partial charge < -0.3 is 57.9 Å². The maximum absolute atomic E-state index is 15.0. The van der Waals surface area contributed by atoms with Crippen LogP contribution >= 0.6 is 0 Å². The van der Waals surface area contributed by atoms with E-state index < -0.39 is 119 Å². The first-order valence-electron chi connectivity index (χ1n) is 28.0. The number of aliphatic hydroxyl groups excluding tert-OH is 2. The molecule has 78 heavy (non-hydrogen) atoms. The van der Waals surface area contributed by atoms with E-state index >= 15 is 0 Å². The van der Waals surface area contributed by atoms with Gasteiger partial charge in [-0.1, -0.05) is 45.0 Å². The van der Waals surface area contributed by atoms with Crippen molar-refractivity contribution < 1.29 is 70.5 Å². The van der Waals surface area contributed by atoms with Crippen molar-refractivity contribution in [3.05, 3.63) is 41.7 Å². The average molecular weight is 1120 g/mol. The molecule has 3 bridgehead atoms. The number of carbonyl (C=O) groups excluding carboxylic acids is 2. The molecule has 0 spiro atoms. The molecule has 1 aromatic heterocycles. The van der Waals surface area contributed by atoms with Gasteiger partial charge in [-0.2, -0.15) is 0 Å². The Morgan fingerprint density at radius 3 is 2.29 bits per heavy atom. The lowest BCUT2D eigenvalue weighted by Crippen LogP contribution is -2.62. The Morgan fingerprint density at radius 2 is 1.65 bits per heavy atom. The molecule has 2 aromatic rings. The molecule has 1 aromatic carbocycles. The fourth-order valence-corrected chi connectivity index (χ4v) is 13.4. The first-order chi connectivity index (χ1) is 36.7. The quantitative estimate of drug-likeness (QED) is 0.185. The summed E-state index contributed by atoms with van der Waals surface area (Å²) < 4.78 is 92.3. The molecule has 19 atom stereocenters. The Morgan fingerprint density at radius 1 is 0.962 bits per heavy atom. The first kappa shape index (κ1) is 61.9. The number of amides is 1. The zero-order valence-electron chi connectivity index (χ0n) is 48.4. The molecule has 6 heterocycles. The number of ether oxygens (including phenoxy) is 8. The highest BCUT2D eigenvalue weighted by atomic mass is 32.2. The topological polar surface area (TPSA) is 232 Å². The lowest BCUT2D eigenvalue weighted by atomic mass is 9.75. The molecule has 440 valence electrons. The highest BCUT2D eigenvalue weighted by molar-refractivity contribution is 7.90. The van der Waals surface area contributed by atoms with Gasteiger partial charge in [0, 0.05) is 88.7 Å². The predicted molar refractivity (Wildman–Crippen MR) is 287 cm³/mol. The molecule has 5 aliphatic rings. The van der Waals surface area contributed by atoms with E-state index in [2.05, 4.69) is 24.2 Å². The Labute approximate surface area is 461 Å². The van der Waals surface area contributed by atoms with E-state index in [9.17, 15) is 32.6 Å². The van der Waals surface area contributed by atoms with E-state index in [0.29, 0.717) is 63.9 Å². The minimum Gasteiger partial charge on any atom is -0.458 e. The molecule has 20 nitrogen and oxygen atoms in total. The van der Waals surface area contributed by atoms with Gasteiger partial charge >= 0.3 is 12.1 Å². The van der Waals surface area contributed by atoms with E-state index in [1.54, 1.807) is 51.1 Å². The second kappa shape index (κ2) is 25.2. The van der Waals surface area contributed by atoms with Crippen molar-refractivity contribution in [3.63, 3.8) is 0 Å². The summed E-state index contributed by atoms with van der Waals surface area (Å²) in [6, 6.07) is 5.01. The largest absolute Gasteiger partial charge is 0.458 e. The molecule has 0 unspecified atom stereocenters. The number of rotatable bonds is 16. The van der Waals surface area contributed by atoms with Gasteiger partial charge in [0.05, 0.1) is 64.7 Å². The highest BCUT2D eigenvalue weighted by Gasteiger charge is 2.55. The highest BCUT2D eigenvalue weighted by Crippen LogP contribution is 2.43. The van der Waals surface area contributed by atoms with Crippen molar-refractivity contribution in [2.24, 2.45) is 28.7 Å². The molecule has 0 aliphatic carbocycles. The molecule has 4 fully saturated rings. The zero-order chi connectivity index (χ0) is 57.2. The molecule has 2 N–H and O–H groups in total. The summed E-state index contributed by atoms with van der Waals surface area (Å²) in [6.07, 6.45) is -2.55. The molecule has 0 saturated carbocycles. The lowest BCUT2D eigenvalue weighted by Gasteiger charge is -2.50. The number of nitrogens with zero attached hydrogens (tertiary/aromatic N) is 6. The molecule has 5 aliphatic heterocycles. The summed E-state index contributed by atoms with van der Waals surface area (Å²) >= 11 is 0. The third-order valence-corrected chi connectivity index (χ3v) is 19.1. The van der Waals surface area contributed by atoms with Crippen LogP contribution in [-0.4, -0.2) is 199 Å². The van der Waals surface area contributed by atoms with E-state index in [-0.39, 0.29) is 41.7 Å². The summed E-state index contributed by atoms with van der Waals surface area (Å²) in [4.78, 5) is 38.0. The van der Waals surface area contributed by atoms with Gasteiger partial charge in [-0.25, -0.2) is 22.3 Å². The lowest BCUT2D eigenvalue weighted by molar-refractivity contribution is -0.319. The van der Waals surface area contributed by atoms with Crippen LogP contribution in [0.2, 0.25) is 0 Å². The molecule has 22 heteroatoms. The maximum atomic E-state index is 15.0. The van der Waals surface area contributed by atoms with Crippen LogP contribution in [0.4, 0.5) is 9.18 Å². The molecule has 7 rings (SSSR count). The number of aromatic nitrogens is 3. The number of likely N-dealkylation sites (N-methyl/N-ethyl adjacent to an activating group) is 1. The van der Waals surface area contributed by atoms with E-state index in [0.717, 1.165) is 17.5 Å². The summed E-state index contributed by atoms with van der Waals surface area (Å²) in [5.41, 5.74) is -0.952. The van der Waals surface area contributed by atoms with Crippen molar-refractivity contribution in [1.82, 2.24) is 24.8 Å². The number of benzene rings is 1. The molecular formula is C56H89FN6O14S. The summed E-state index contributed by atoms with van der Waals surface area (Å²) in [6.45, 7) is 19.7. The van der Waals surface area contributed by atoms with Gasteiger partial charge in [-0.05, 0) is 104 Å². The number of aliphatic hydroxyl groups is 2. The smallest absolute Gasteiger partial charge is 0.410 e. The van der Waals surface area contributed by atoms with Crippen LogP contribution < -0.4 is 0 Å². The number of halogens is 1. The summed E-state index contributed by atoms with van der Waals surface area (Å²) in [7, 11) is 1.69. The number of sulfone groups is 1. The Hall–Kier alpha value is -3.71. The van der Waals surface area contributed by atoms with Gasteiger partial charge in [-0.15, -0.1) is 5.10 Å². The molecular weight excluding hydrogens is 1030 g/mol. The third-order valence-electron chi connectivity index (χ3n) is 18.0. The van der Waals surface area contributed by atoms with Crippen LogP contribution in [0.5, 0.6) is 0 Å². The van der Waals surface area contributed by atoms with Gasteiger partial charge in [0.15, 0.2) is 22.4 Å². The van der Waals surface area contributed by atoms with Crippen LogP contribution in [0.3, 0.4) is 0 Å². The number of hydrogen-bond acceptors (Lipinski definition) is 18. The number of esters is 1. The van der Waals surface area contributed by atoms with E-state index in [1.165, 1.54) is 23.9 Å². The number of alkyl halides is 1. The minimum absolute atomic E-state index is 0.0522. The van der Waals surface area contributed by atoms with Crippen molar-refractivity contribution >= 4 is 27.6 Å². The van der Waals surface area contributed by atoms with E-state index in [4.69, 9.17) is 42.9 Å². The maximum Gasteiger partial charge on any atom is 0.410 e. The third kappa shape index (κ3) is 13.4. The van der Waals surface area contributed by atoms with Crippen molar-refractivity contribution in [1.29, 1.82) is 0 Å². The second-order valence-corrected chi connectivity index (χ2v) is 25.7. The van der Waals surface area contributed by atoms with E-state index in [1.807, 2.05) is 46.6 Å². The van der Waals surface area contributed by atoms with Crippen LogP contribution in [-0.2, 0) is 65.4 Å². The number of methoxy groups -OCH3 is 2. The predicted octanol–water partition coefficient (Wildman–Crippen LogP) is 5.93. The fourth-order valence-electron chi connectivity index (χ4n) is 12.7. The summed E-state index contributed by atoms with van der Waals surface area (Å²) in [5.74, 6) is -2.46. The SMILES string of the molecule is CC[C@H]1OC(=O)[C@H](C)[C@@H](O[C@H]2C[C@@](C)(OC)[C@@H](O)[C@H](C)O2)[C@H](C)[C@@H](O[C@@H]2O[C@H](C)C[C@H](N(C)CCc3cn([C@H](CF)Cc4ccc(S(C)(=O)=O)cc4)nn3)[C@H]2O)[C@](C)(OC)CC[C@@H](C)C2=NCCN3C(=O)O[C@@]1(C)C[C@H]3[C@H]2C. The van der Waals surface area contributed by atoms with Crippen molar-refractivity contribution in [2.45, 2.75) is 216 Å². The molecule has 4 saturated heterocycles. The summed E-state index contributed by atoms with van der Waals surface area (Å²) in [5, 5.41) is 32.3. The zero-order valence-corrected chi connectivity index (χ0v) is 49.2. The van der Waals surface area contributed by atoms with Crippen molar-refractivity contribution in [2.75, 3.05) is 53.8 Å². The standard InChI is InChI=1S/C56H89FN6O14S/c1-15-44-55(9)28-43-34(4)46(58-23-25-62(43)53(67)77-55)32(2)20-22-54(8,70-12)50(35(5)48(36(6)51(66)74-44)75-45-29-56(10,71-13)49(65)37(7)73-45)76-52-47(64)42(26-33(3)72-52)61(11)24-21-39-31-63(60-59-39)40(30-57)27-38-16-18-41(19-17-38)78(14,68)69/h16-19,31-37,40,42-45,47-50,52,64-65H,15,20-30H2,1-14H3/t32-,33-,34-,35+,36-,37+,40+,42+,43+,44-,45+,47-,48+,49+,50-,52+,54-,55+,56-/m1/s1. The average Bonchev–Trinajstić information content (AvgIpc) is 3.87. The Balaban J connectivity index is 1.18. The van der Waals surface area contributed by atoms with Crippen LogP contribution in [0.15, 0.2) is 40.4 Å². The van der Waals surface area contributed by atoms with Gasteiger partial charge in [-0.3, -0.25) is 9.79 Å². The fraction of sp³-hybridized carbons (Fsp3) is 0.804. The Kier molecular flexibility index (Phi) is 20.0. The van der Waals surface area contributed by atoms with Gasteiger partial charge in [0.1, 0.15) is 30.6 Å². The first-order valence-corrected chi connectivity index (χ1v) is 29.9. The van der Waals surface area contributed by atoms with Crippen LogP contribution in [0.1, 0.15) is 125 Å². The molecule has 1 amide bonds. The van der Waals surface area contributed by atoms with Crippen molar-refractivity contribution in [3.8, 4) is 0 Å². The van der Waals surface area contributed by atoms with Crippen LogP contribution in [0.25, 0.3) is 0 Å². The number of aliphatic imine (C=N–C) groups is 1. The Bertz CT molecular complexity index is 2490. The normalized spacial score (nSPS) is 38.8. The van der Waals surface area contributed by atoms with Crippen LogP contribution in [0, 0.1) is 23.7 Å². The second-order valence-electron chi connectivity index (χ2n) is 23.7. The number of carbonyl (C=O) groups is 2. The number of fused-ring (bicyclic) bond motifs is 2. The number of hydrogen-bond donors (Lipinski definition) is 2. The number of cyclic esters (lactones) is 1. The van der Waals surface area contributed by atoms with Gasteiger partial charge in [0.2, 0.25) is 0 Å². The minimum atomic E-state index is -3.37. The monoisotopic (exact) mass is 1120 g/mol. The molecule has 0 radical (unpaired) electrons. The van der Waals surface area contributed by atoms with Gasteiger partial charge in [0.25, 0.3) is 0 Å².